The first kappa shape index (κ1) is 9.42. The van der Waals surface area contributed by atoms with E-state index in [0.717, 1.165) is 10.4 Å². The minimum absolute atomic E-state index is 0.646. The van der Waals surface area contributed by atoms with Crippen LogP contribution in [0.1, 0.15) is 13.3 Å². The standard InChI is InChI=1S/C5H5.C2H5.2CO.W/c1-2-4-5-3-1;3*1-2;/h1-3H,4H2;1H2,2H3;;;. The summed E-state index contributed by atoms with van der Waals surface area (Å²) < 4.78 is 4.98. The Morgan fingerprint density at radius 1 is 1.50 bits per heavy atom. The van der Waals surface area contributed by atoms with Gasteiger partial charge in [-0.25, -0.2) is 0 Å². The van der Waals surface area contributed by atoms with Crippen LogP contribution in [0, 0.1) is 0 Å². The summed E-state index contributed by atoms with van der Waals surface area (Å²) in [6.07, 6.45) is 6.50. The molecule has 0 unspecified atom stereocenters. The summed E-state index contributed by atoms with van der Waals surface area (Å²) >= 11 is -3.34. The molecule has 0 bridgehead atoms. The molecule has 1 aliphatic carbocycles. The number of rotatable bonds is 2. The molecule has 0 fully saturated rings. The molecule has 0 radical (unpaired) electrons. The molecule has 0 aromatic carbocycles. The Morgan fingerprint density at radius 2 is 2.17 bits per heavy atom. The third-order valence-corrected chi connectivity index (χ3v) is 11.4. The summed E-state index contributed by atoms with van der Waals surface area (Å²) in [5.41, 5.74) is 0. The number of hydrogen-bond acceptors (Lipinski definition) is 2. The van der Waals surface area contributed by atoms with E-state index < -0.39 is 15.1 Å². The first-order valence-corrected chi connectivity index (χ1v) is 10.2. The van der Waals surface area contributed by atoms with Crippen molar-refractivity contribution in [3.8, 4) is 0 Å². The van der Waals surface area contributed by atoms with Gasteiger partial charge in [-0.2, -0.15) is 0 Å². The summed E-state index contributed by atoms with van der Waals surface area (Å²) in [6, 6.07) is 0. The van der Waals surface area contributed by atoms with Crippen LogP contribution in [0.15, 0.2) is 22.2 Å². The zero-order valence-electron chi connectivity index (χ0n) is 6.87. The monoisotopic (exact) mass is 334 g/mol. The van der Waals surface area contributed by atoms with E-state index in [1.54, 1.807) is 0 Å². The zero-order valence-corrected chi connectivity index (χ0v) is 9.80. The Bertz CT molecular complexity index is 376. The van der Waals surface area contributed by atoms with Crippen molar-refractivity contribution in [2.75, 3.05) is 0 Å². The number of hydrogen-bond donors (Lipinski definition) is 0. The third-order valence-electron chi connectivity index (χ3n) is 1.90. The van der Waals surface area contributed by atoms with Gasteiger partial charge in [0.25, 0.3) is 0 Å². The molecule has 0 heterocycles. The van der Waals surface area contributed by atoms with E-state index in [-0.39, 0.29) is 0 Å². The predicted octanol–water partition coefficient (Wildman–Crippen LogP) is 1.56. The van der Waals surface area contributed by atoms with Gasteiger partial charge < -0.3 is 0 Å². The van der Waals surface area contributed by atoms with Gasteiger partial charge in [-0.3, -0.25) is 0 Å². The molecular formula is C9H10O2W. The molecule has 3 heteroatoms. The van der Waals surface area contributed by atoms with E-state index in [2.05, 4.69) is 0 Å². The van der Waals surface area contributed by atoms with E-state index in [1.807, 2.05) is 33.7 Å². The van der Waals surface area contributed by atoms with Crippen LogP contribution in [0.5, 0.6) is 0 Å². The second kappa shape index (κ2) is 3.83. The van der Waals surface area contributed by atoms with Gasteiger partial charge in [0.05, 0.1) is 0 Å². The first-order chi connectivity index (χ1) is 5.79. The van der Waals surface area contributed by atoms with Gasteiger partial charge in [0.1, 0.15) is 0 Å². The van der Waals surface area contributed by atoms with Gasteiger partial charge in [0.2, 0.25) is 0 Å². The maximum absolute atomic E-state index is 10.7. The van der Waals surface area contributed by atoms with Crippen molar-refractivity contribution in [1.82, 2.24) is 0 Å². The molecule has 64 valence electrons. The summed E-state index contributed by atoms with van der Waals surface area (Å²) in [5.74, 6) is 0. The van der Waals surface area contributed by atoms with Crippen molar-refractivity contribution in [3.63, 3.8) is 0 Å². The van der Waals surface area contributed by atoms with E-state index in [4.69, 9.17) is 0 Å². The van der Waals surface area contributed by atoms with Crippen LogP contribution in [-0.4, -0.2) is 8.53 Å². The topological polar surface area (TPSA) is 34.1 Å². The molecule has 1 aliphatic rings. The van der Waals surface area contributed by atoms with Crippen molar-refractivity contribution in [2.45, 2.75) is 18.2 Å². The van der Waals surface area contributed by atoms with E-state index >= 15 is 0 Å². The molecule has 0 saturated carbocycles. The van der Waals surface area contributed by atoms with Crippen molar-refractivity contribution in [2.24, 2.45) is 0 Å². The fourth-order valence-corrected chi connectivity index (χ4v) is 6.67. The Labute approximate surface area is 73.8 Å². The molecule has 0 aliphatic heterocycles. The molecule has 0 saturated heterocycles. The summed E-state index contributed by atoms with van der Waals surface area (Å²) in [4.78, 5) is 22.1. The quantitative estimate of drug-likeness (QED) is 0.768. The Morgan fingerprint density at radius 3 is 2.50 bits per heavy atom. The number of carbonyl (C=O) groups excluding carboxylic acids is 2. The summed E-state index contributed by atoms with van der Waals surface area (Å²) in [6.45, 7) is 1.88. The van der Waals surface area contributed by atoms with E-state index in [1.165, 1.54) is 0 Å². The van der Waals surface area contributed by atoms with Crippen LogP contribution in [0.2, 0.25) is 4.81 Å². The van der Waals surface area contributed by atoms with Crippen LogP contribution >= 0.6 is 0 Å². The van der Waals surface area contributed by atoms with Crippen LogP contribution in [0.3, 0.4) is 0 Å². The van der Waals surface area contributed by atoms with Gasteiger partial charge in [0.15, 0.2) is 0 Å². The van der Waals surface area contributed by atoms with E-state index in [9.17, 15) is 9.59 Å². The molecule has 0 N–H and O–H groups in total. The second-order valence-corrected chi connectivity index (χ2v) is 12.9. The van der Waals surface area contributed by atoms with E-state index in [0.29, 0.717) is 4.81 Å². The van der Waals surface area contributed by atoms with Gasteiger partial charge in [-0.1, -0.05) is 0 Å². The molecule has 2 nitrogen and oxygen atoms in total. The average molecular weight is 334 g/mol. The fourth-order valence-electron chi connectivity index (χ4n) is 1.11. The van der Waals surface area contributed by atoms with Crippen LogP contribution in [-0.2, 0) is 24.7 Å². The fraction of sp³-hybridized carbons (Fsp3) is 0.333. The van der Waals surface area contributed by atoms with Crippen molar-refractivity contribution in [1.29, 1.82) is 0 Å². The third kappa shape index (κ3) is 1.42. The molecule has 0 atom stereocenters. The SMILES string of the molecule is C[CH2][W](=[C]=O)(=[C]=O)[C]1=CC=CC1. The molecule has 0 amide bonds. The van der Waals surface area contributed by atoms with Crippen LogP contribution < -0.4 is 0 Å². The molecule has 0 spiro atoms. The molecular weight excluding hydrogens is 324 g/mol. The average Bonchev–Trinajstić information content (AvgIpc) is 2.62. The Hall–Kier alpha value is -0.672. The molecule has 12 heavy (non-hydrogen) atoms. The second-order valence-electron chi connectivity index (χ2n) is 2.46. The first-order valence-electron chi connectivity index (χ1n) is 3.73. The van der Waals surface area contributed by atoms with Crippen molar-refractivity contribution in [3.05, 3.63) is 22.2 Å². The van der Waals surface area contributed by atoms with Crippen LogP contribution in [0.25, 0.3) is 0 Å². The molecule has 0 aromatic heterocycles. The van der Waals surface area contributed by atoms with Gasteiger partial charge in [-0.15, -0.1) is 0 Å². The summed E-state index contributed by atoms with van der Waals surface area (Å²) in [7, 11) is 0. The minimum atomic E-state index is -3.34. The maximum atomic E-state index is 10.7. The van der Waals surface area contributed by atoms with Gasteiger partial charge in [-0.05, 0) is 0 Å². The molecule has 1 rings (SSSR count). The van der Waals surface area contributed by atoms with Crippen molar-refractivity contribution >= 4 is 8.53 Å². The predicted molar refractivity (Wildman–Crippen MR) is 43.7 cm³/mol. The Balaban J connectivity index is 3.33. The van der Waals surface area contributed by atoms with Gasteiger partial charge >= 0.3 is 73.6 Å². The van der Waals surface area contributed by atoms with Gasteiger partial charge in [0, 0.05) is 0 Å². The molecule has 0 aromatic rings. The zero-order chi connectivity index (χ0) is 9.03. The van der Waals surface area contributed by atoms with Crippen molar-refractivity contribution < 1.29 is 24.7 Å². The Kier molecular flexibility index (Phi) is 3.00. The number of allylic oxidation sites excluding steroid dienone is 4. The summed E-state index contributed by atoms with van der Waals surface area (Å²) in [5, 5.41) is 0. The normalized spacial score (nSPS) is 15.2. The van der Waals surface area contributed by atoms with Crippen LogP contribution in [0.4, 0.5) is 0 Å².